The van der Waals surface area contributed by atoms with Crippen LogP contribution in [0.15, 0.2) is 24.3 Å². The number of nitrogens with one attached hydrogen (secondary N) is 4. The molecule has 220 valence electrons. The summed E-state index contributed by atoms with van der Waals surface area (Å²) in [6.07, 6.45) is 6.01. The third-order valence-electron chi connectivity index (χ3n) is 6.42. The molecular weight excluding hydrogens is 494 g/mol. The van der Waals surface area contributed by atoms with Crippen molar-refractivity contribution in [1.82, 2.24) is 16.0 Å². The fourth-order valence-electron chi connectivity index (χ4n) is 4.27. The number of hydrogen-bond donors (Lipinski definition) is 5. The summed E-state index contributed by atoms with van der Waals surface area (Å²) < 4.78 is 0. The normalized spacial score (nSPS) is 12.7. The van der Waals surface area contributed by atoms with Crippen molar-refractivity contribution in [3.8, 4) is 0 Å². The number of hydrogen-bond acceptors (Lipinski definition) is 4. The van der Waals surface area contributed by atoms with Crippen LogP contribution in [0.1, 0.15) is 92.1 Å². The number of urea groups is 1. The van der Waals surface area contributed by atoms with Gasteiger partial charge in [-0.2, -0.15) is 0 Å². The monoisotopic (exact) mass is 545 g/mol. The molecule has 0 bridgehead atoms. The number of primary amides is 1. The van der Waals surface area contributed by atoms with Crippen molar-refractivity contribution in [2.45, 2.75) is 105 Å². The van der Waals surface area contributed by atoms with Gasteiger partial charge >= 0.3 is 6.03 Å². The molecule has 0 aliphatic carbocycles. The molecule has 2 atom stereocenters. The SMILES string of the molecule is CC(C)CCCCCC(=O)NC(C(=O)N[C@@H](CCCNC(N)=O)C(=O)Nc1ccc(CC(C)C)cc1)C(C)C. The van der Waals surface area contributed by atoms with E-state index >= 15 is 0 Å². The van der Waals surface area contributed by atoms with Gasteiger partial charge in [-0.25, -0.2) is 4.79 Å². The summed E-state index contributed by atoms with van der Waals surface area (Å²) in [4.78, 5) is 50.0. The van der Waals surface area contributed by atoms with Crippen LogP contribution in [0.2, 0.25) is 0 Å². The van der Waals surface area contributed by atoms with Crippen molar-refractivity contribution in [3.05, 3.63) is 29.8 Å². The van der Waals surface area contributed by atoms with Crippen LogP contribution in [-0.2, 0) is 20.8 Å². The second kappa shape index (κ2) is 18.2. The Labute approximate surface area is 234 Å². The van der Waals surface area contributed by atoms with E-state index in [1.54, 1.807) is 0 Å². The Morgan fingerprint density at radius 3 is 2.00 bits per heavy atom. The Balaban J connectivity index is 2.82. The maximum absolute atomic E-state index is 13.2. The quantitative estimate of drug-likeness (QED) is 0.173. The van der Waals surface area contributed by atoms with Crippen molar-refractivity contribution in [1.29, 1.82) is 0 Å². The van der Waals surface area contributed by atoms with Crippen molar-refractivity contribution >= 4 is 29.4 Å². The molecule has 0 saturated heterocycles. The number of rotatable bonds is 18. The number of benzene rings is 1. The summed E-state index contributed by atoms with van der Waals surface area (Å²) in [6, 6.07) is 5.40. The lowest BCUT2D eigenvalue weighted by Gasteiger charge is -2.25. The van der Waals surface area contributed by atoms with Gasteiger partial charge in [-0.05, 0) is 61.1 Å². The van der Waals surface area contributed by atoms with Crippen LogP contribution >= 0.6 is 0 Å². The van der Waals surface area contributed by atoms with Gasteiger partial charge in [-0.1, -0.05) is 72.9 Å². The van der Waals surface area contributed by atoms with Crippen molar-refractivity contribution < 1.29 is 19.2 Å². The van der Waals surface area contributed by atoms with Gasteiger partial charge in [0.2, 0.25) is 17.7 Å². The van der Waals surface area contributed by atoms with Crippen molar-refractivity contribution in [2.75, 3.05) is 11.9 Å². The van der Waals surface area contributed by atoms with Gasteiger partial charge in [-0.3, -0.25) is 14.4 Å². The fourth-order valence-corrected chi connectivity index (χ4v) is 4.27. The topological polar surface area (TPSA) is 142 Å². The van der Waals surface area contributed by atoms with Crippen LogP contribution in [0.4, 0.5) is 10.5 Å². The molecule has 39 heavy (non-hydrogen) atoms. The molecule has 0 fully saturated rings. The zero-order chi connectivity index (χ0) is 29.4. The van der Waals surface area contributed by atoms with Crippen LogP contribution < -0.4 is 27.0 Å². The molecule has 0 heterocycles. The summed E-state index contributed by atoms with van der Waals surface area (Å²) in [5.74, 6) is 0.0729. The maximum atomic E-state index is 13.2. The molecule has 1 rings (SSSR count). The molecular formula is C30H51N5O4. The van der Waals surface area contributed by atoms with E-state index in [4.69, 9.17) is 5.73 Å². The van der Waals surface area contributed by atoms with E-state index in [9.17, 15) is 19.2 Å². The van der Waals surface area contributed by atoms with Gasteiger partial charge in [0.05, 0.1) is 0 Å². The molecule has 5 amide bonds. The molecule has 0 radical (unpaired) electrons. The first kappa shape index (κ1) is 33.9. The second-order valence-electron chi connectivity index (χ2n) is 11.6. The van der Waals surface area contributed by atoms with E-state index in [2.05, 4.69) is 49.0 Å². The largest absolute Gasteiger partial charge is 0.352 e. The minimum absolute atomic E-state index is 0.163. The minimum atomic E-state index is -0.850. The first-order valence-corrected chi connectivity index (χ1v) is 14.4. The second-order valence-corrected chi connectivity index (χ2v) is 11.6. The average molecular weight is 546 g/mol. The van der Waals surface area contributed by atoms with Gasteiger partial charge in [0, 0.05) is 18.7 Å². The number of nitrogens with two attached hydrogens (primary N) is 1. The predicted octanol–water partition coefficient (Wildman–Crippen LogP) is 4.50. The van der Waals surface area contributed by atoms with E-state index in [0.717, 1.165) is 32.1 Å². The van der Waals surface area contributed by atoms with Crippen LogP contribution in [-0.4, -0.2) is 42.4 Å². The third-order valence-corrected chi connectivity index (χ3v) is 6.42. The van der Waals surface area contributed by atoms with Gasteiger partial charge in [0.25, 0.3) is 0 Å². The van der Waals surface area contributed by atoms with E-state index in [1.165, 1.54) is 5.56 Å². The highest BCUT2D eigenvalue weighted by molar-refractivity contribution is 5.98. The highest BCUT2D eigenvalue weighted by Crippen LogP contribution is 2.15. The van der Waals surface area contributed by atoms with Crippen LogP contribution in [0, 0.1) is 17.8 Å². The molecule has 9 nitrogen and oxygen atoms in total. The van der Waals surface area contributed by atoms with Gasteiger partial charge in [0.15, 0.2) is 0 Å². The number of anilines is 1. The number of amides is 5. The molecule has 0 saturated carbocycles. The molecule has 1 aromatic carbocycles. The van der Waals surface area contributed by atoms with Crippen molar-refractivity contribution in [3.63, 3.8) is 0 Å². The zero-order valence-corrected chi connectivity index (χ0v) is 24.8. The smallest absolute Gasteiger partial charge is 0.312 e. The van der Waals surface area contributed by atoms with Gasteiger partial charge in [-0.15, -0.1) is 0 Å². The first-order valence-electron chi connectivity index (χ1n) is 14.4. The summed E-state index contributed by atoms with van der Waals surface area (Å²) in [7, 11) is 0. The van der Waals surface area contributed by atoms with Crippen LogP contribution in [0.5, 0.6) is 0 Å². The Hall–Kier alpha value is -3.10. The Kier molecular flexibility index (Phi) is 15.9. The highest BCUT2D eigenvalue weighted by Gasteiger charge is 2.28. The van der Waals surface area contributed by atoms with Gasteiger partial charge in [0.1, 0.15) is 12.1 Å². The van der Waals surface area contributed by atoms with E-state index in [0.29, 0.717) is 30.4 Å². The Bertz CT molecular complexity index is 899. The van der Waals surface area contributed by atoms with E-state index in [1.807, 2.05) is 38.1 Å². The fraction of sp³-hybridized carbons (Fsp3) is 0.667. The lowest BCUT2D eigenvalue weighted by Crippen LogP contribution is -2.54. The van der Waals surface area contributed by atoms with E-state index in [-0.39, 0.29) is 30.7 Å². The Morgan fingerprint density at radius 1 is 0.769 bits per heavy atom. The highest BCUT2D eigenvalue weighted by atomic mass is 16.2. The molecule has 0 aliphatic heterocycles. The minimum Gasteiger partial charge on any atom is -0.352 e. The maximum Gasteiger partial charge on any atom is 0.312 e. The van der Waals surface area contributed by atoms with Crippen LogP contribution in [0.25, 0.3) is 0 Å². The lowest BCUT2D eigenvalue weighted by atomic mass is 10.0. The lowest BCUT2D eigenvalue weighted by molar-refractivity contribution is -0.132. The molecule has 0 spiro atoms. The summed E-state index contributed by atoms with van der Waals surface area (Å²) in [6.45, 7) is 12.7. The summed E-state index contributed by atoms with van der Waals surface area (Å²) in [5.41, 5.74) is 6.95. The van der Waals surface area contributed by atoms with Crippen molar-refractivity contribution in [2.24, 2.45) is 23.5 Å². The van der Waals surface area contributed by atoms with E-state index < -0.39 is 24.0 Å². The zero-order valence-electron chi connectivity index (χ0n) is 24.8. The number of carbonyl (C=O) groups excluding carboxylic acids is 4. The number of unbranched alkanes of at least 4 members (excludes halogenated alkanes) is 2. The first-order chi connectivity index (χ1) is 18.4. The molecule has 0 aliphatic rings. The van der Waals surface area contributed by atoms with Gasteiger partial charge < -0.3 is 27.0 Å². The molecule has 0 aromatic heterocycles. The van der Waals surface area contributed by atoms with Crippen LogP contribution in [0.3, 0.4) is 0 Å². The average Bonchev–Trinajstić information content (AvgIpc) is 2.84. The molecule has 1 aromatic rings. The molecule has 1 unspecified atom stereocenters. The predicted molar refractivity (Wildman–Crippen MR) is 157 cm³/mol. The number of carbonyl (C=O) groups is 4. The summed E-state index contributed by atoms with van der Waals surface area (Å²) in [5, 5.41) is 11.1. The summed E-state index contributed by atoms with van der Waals surface area (Å²) >= 11 is 0. The third kappa shape index (κ3) is 15.2. The standard InChI is InChI=1S/C30H51N5O4/c1-20(2)11-8-7-9-13-26(36)35-27(22(5)6)29(38)34-25(12-10-18-32-30(31)39)28(37)33-24-16-14-23(15-17-24)19-21(3)4/h14-17,20-22,25,27H,7-13,18-19H2,1-6H3,(H,33,37)(H,34,38)(H,35,36)(H3,31,32,39)/t25-,27?/m0/s1. The molecule has 6 N–H and O–H groups in total. The Morgan fingerprint density at radius 2 is 1.44 bits per heavy atom. The molecule has 9 heteroatoms.